The molecule has 0 spiro atoms. The molecule has 11 heavy (non-hydrogen) atoms. The van der Waals surface area contributed by atoms with Crippen molar-refractivity contribution >= 4 is 11.4 Å². The number of nitrogens with zero attached hydrogens (tertiary/aromatic N) is 2. The summed E-state index contributed by atoms with van der Waals surface area (Å²) in [7, 11) is 0. The first-order valence-corrected chi connectivity index (χ1v) is 2.81. The van der Waals surface area contributed by atoms with Crippen LogP contribution in [0.5, 0.6) is 0 Å². The summed E-state index contributed by atoms with van der Waals surface area (Å²) < 4.78 is 0. The van der Waals surface area contributed by atoms with Gasteiger partial charge >= 0.3 is 0 Å². The molecule has 0 aromatic carbocycles. The van der Waals surface area contributed by atoms with E-state index in [2.05, 4.69) is 10.3 Å². The lowest BCUT2D eigenvalue weighted by Gasteiger charge is -2.02. The standard InChI is InChI=1S/C6H6N2O3/c9-4-1-2-5(7-10)6(3-4)8-11/h1-3,9-11H. The predicted octanol–water partition coefficient (Wildman–Crippen LogP) is 0.658. The van der Waals surface area contributed by atoms with Gasteiger partial charge in [0.05, 0.1) is 0 Å². The zero-order chi connectivity index (χ0) is 8.27. The summed E-state index contributed by atoms with van der Waals surface area (Å²) in [6.45, 7) is 0. The number of hydrogen-bond donors (Lipinski definition) is 3. The molecule has 0 aromatic rings. The maximum absolute atomic E-state index is 8.87. The lowest BCUT2D eigenvalue weighted by Crippen LogP contribution is -2.12. The summed E-state index contributed by atoms with van der Waals surface area (Å²) in [6, 6.07) is 0. The van der Waals surface area contributed by atoms with Gasteiger partial charge in [0.2, 0.25) is 0 Å². The quantitative estimate of drug-likeness (QED) is 0.272. The molecule has 0 fully saturated rings. The second kappa shape index (κ2) is 2.87. The maximum Gasteiger partial charge on any atom is 0.135 e. The summed E-state index contributed by atoms with van der Waals surface area (Å²) in [4.78, 5) is 0. The molecular weight excluding hydrogens is 148 g/mol. The Morgan fingerprint density at radius 3 is 2.18 bits per heavy atom. The Kier molecular flexibility index (Phi) is 1.91. The summed E-state index contributed by atoms with van der Waals surface area (Å²) in [6.07, 6.45) is 3.82. The lowest BCUT2D eigenvalue weighted by molar-refractivity contribution is 0.314. The predicted molar refractivity (Wildman–Crippen MR) is 38.3 cm³/mol. The molecule has 3 N–H and O–H groups in total. The van der Waals surface area contributed by atoms with Crippen molar-refractivity contribution < 1.29 is 15.5 Å². The second-order valence-corrected chi connectivity index (χ2v) is 1.87. The first-order chi connectivity index (χ1) is 5.27. The number of hydrogen-bond acceptors (Lipinski definition) is 5. The van der Waals surface area contributed by atoms with Gasteiger partial charge in [-0.3, -0.25) is 0 Å². The highest BCUT2D eigenvalue weighted by Gasteiger charge is 2.09. The van der Waals surface area contributed by atoms with Gasteiger partial charge in [0, 0.05) is 6.08 Å². The third-order valence-corrected chi connectivity index (χ3v) is 1.17. The fourth-order valence-electron chi connectivity index (χ4n) is 0.676. The molecule has 1 aliphatic rings. The van der Waals surface area contributed by atoms with Crippen LogP contribution in [0.1, 0.15) is 0 Å². The monoisotopic (exact) mass is 154 g/mol. The topological polar surface area (TPSA) is 85.4 Å². The Morgan fingerprint density at radius 2 is 1.64 bits per heavy atom. The van der Waals surface area contributed by atoms with Crippen LogP contribution in [-0.4, -0.2) is 26.9 Å². The van der Waals surface area contributed by atoms with E-state index < -0.39 is 0 Å². The largest absolute Gasteiger partial charge is 0.508 e. The van der Waals surface area contributed by atoms with Crippen LogP contribution in [0.4, 0.5) is 0 Å². The van der Waals surface area contributed by atoms with E-state index in [1.807, 2.05) is 0 Å². The summed E-state index contributed by atoms with van der Waals surface area (Å²) >= 11 is 0. The fourth-order valence-corrected chi connectivity index (χ4v) is 0.676. The van der Waals surface area contributed by atoms with Gasteiger partial charge in [-0.15, -0.1) is 0 Å². The van der Waals surface area contributed by atoms with E-state index in [0.29, 0.717) is 0 Å². The smallest absolute Gasteiger partial charge is 0.135 e. The van der Waals surface area contributed by atoms with E-state index in [4.69, 9.17) is 15.5 Å². The van der Waals surface area contributed by atoms with Gasteiger partial charge in [0.25, 0.3) is 0 Å². The third-order valence-electron chi connectivity index (χ3n) is 1.17. The van der Waals surface area contributed by atoms with Crippen molar-refractivity contribution in [1.82, 2.24) is 0 Å². The van der Waals surface area contributed by atoms with E-state index in [9.17, 15) is 0 Å². The number of aliphatic hydroxyl groups excluding tert-OH is 1. The molecule has 0 bridgehead atoms. The van der Waals surface area contributed by atoms with Crippen molar-refractivity contribution in [2.75, 3.05) is 0 Å². The molecule has 0 radical (unpaired) electrons. The van der Waals surface area contributed by atoms with Crippen LogP contribution in [0.3, 0.4) is 0 Å². The van der Waals surface area contributed by atoms with Crippen LogP contribution in [0.2, 0.25) is 0 Å². The zero-order valence-electron chi connectivity index (χ0n) is 5.47. The Morgan fingerprint density at radius 1 is 1.00 bits per heavy atom. The van der Waals surface area contributed by atoms with Crippen LogP contribution < -0.4 is 0 Å². The highest BCUT2D eigenvalue weighted by molar-refractivity contribution is 6.50. The molecule has 58 valence electrons. The fraction of sp³-hybridized carbons (Fsp3) is 0. The van der Waals surface area contributed by atoms with Crippen LogP contribution in [0.15, 0.2) is 34.3 Å². The first kappa shape index (κ1) is 7.33. The molecule has 0 aliphatic heterocycles. The van der Waals surface area contributed by atoms with Crippen LogP contribution in [0.25, 0.3) is 0 Å². The van der Waals surface area contributed by atoms with E-state index >= 15 is 0 Å². The van der Waals surface area contributed by atoms with E-state index in [1.165, 1.54) is 18.2 Å². The van der Waals surface area contributed by atoms with Crippen molar-refractivity contribution in [3.05, 3.63) is 24.0 Å². The highest BCUT2D eigenvalue weighted by Crippen LogP contribution is 2.02. The average Bonchev–Trinajstić information content (AvgIpc) is 2.04. The number of allylic oxidation sites excluding steroid dienone is 3. The van der Waals surface area contributed by atoms with Crippen molar-refractivity contribution in [2.24, 2.45) is 10.3 Å². The van der Waals surface area contributed by atoms with Crippen molar-refractivity contribution in [3.63, 3.8) is 0 Å². The molecule has 5 nitrogen and oxygen atoms in total. The highest BCUT2D eigenvalue weighted by atomic mass is 16.4. The Balaban J connectivity index is 3.03. The minimum absolute atomic E-state index is 0.0208. The van der Waals surface area contributed by atoms with Crippen LogP contribution in [-0.2, 0) is 0 Å². The Bertz CT molecular complexity index is 276. The van der Waals surface area contributed by atoms with Crippen molar-refractivity contribution in [2.45, 2.75) is 0 Å². The van der Waals surface area contributed by atoms with Gasteiger partial charge in [-0.25, -0.2) is 0 Å². The molecule has 0 amide bonds. The molecule has 0 heterocycles. The van der Waals surface area contributed by atoms with Gasteiger partial charge in [0.15, 0.2) is 0 Å². The van der Waals surface area contributed by atoms with E-state index in [0.717, 1.165) is 0 Å². The van der Waals surface area contributed by atoms with Gasteiger partial charge in [-0.2, -0.15) is 0 Å². The SMILES string of the molecule is ON=C1C=CC(O)=CC1=NO. The number of oxime groups is 2. The third kappa shape index (κ3) is 1.37. The van der Waals surface area contributed by atoms with Crippen LogP contribution in [0, 0.1) is 0 Å². The number of aliphatic hydroxyl groups is 1. The van der Waals surface area contributed by atoms with Gasteiger partial charge in [0.1, 0.15) is 17.2 Å². The molecule has 5 heteroatoms. The molecule has 0 atom stereocenters. The maximum atomic E-state index is 8.87. The Labute approximate surface area is 62.3 Å². The van der Waals surface area contributed by atoms with Crippen molar-refractivity contribution in [1.29, 1.82) is 0 Å². The molecule has 0 saturated carbocycles. The molecular formula is C6H6N2O3. The minimum atomic E-state index is -0.0507. The summed E-state index contributed by atoms with van der Waals surface area (Å²) in [5.41, 5.74) is 0.123. The lowest BCUT2D eigenvalue weighted by atomic mass is 10.1. The molecule has 0 aromatic heterocycles. The molecule has 0 saturated heterocycles. The van der Waals surface area contributed by atoms with Crippen molar-refractivity contribution in [3.8, 4) is 0 Å². The normalized spacial score (nSPS) is 24.2. The summed E-state index contributed by atoms with van der Waals surface area (Å²) in [5.74, 6) is -0.0507. The van der Waals surface area contributed by atoms with Gasteiger partial charge in [-0.1, -0.05) is 10.3 Å². The Hall–Kier alpha value is -1.78. The van der Waals surface area contributed by atoms with E-state index in [-0.39, 0.29) is 17.2 Å². The van der Waals surface area contributed by atoms with Crippen LogP contribution >= 0.6 is 0 Å². The van der Waals surface area contributed by atoms with Gasteiger partial charge in [-0.05, 0) is 12.2 Å². The minimum Gasteiger partial charge on any atom is -0.508 e. The van der Waals surface area contributed by atoms with E-state index in [1.54, 1.807) is 0 Å². The second-order valence-electron chi connectivity index (χ2n) is 1.87. The molecule has 1 rings (SSSR count). The summed E-state index contributed by atoms with van der Waals surface area (Å²) in [5, 5.41) is 31.1. The van der Waals surface area contributed by atoms with Gasteiger partial charge < -0.3 is 15.5 Å². The first-order valence-electron chi connectivity index (χ1n) is 2.81. The number of rotatable bonds is 0. The molecule has 0 unspecified atom stereocenters. The molecule has 1 aliphatic carbocycles. The average molecular weight is 154 g/mol. The zero-order valence-corrected chi connectivity index (χ0v) is 5.47.